The topological polar surface area (TPSA) is 114 Å². The normalized spacial score (nSPS) is 13.5. The van der Waals surface area contributed by atoms with E-state index in [0.29, 0.717) is 24.2 Å². The van der Waals surface area contributed by atoms with E-state index in [1.807, 2.05) is 6.92 Å². The van der Waals surface area contributed by atoms with E-state index in [1.165, 1.54) is 36.8 Å². The van der Waals surface area contributed by atoms with Gasteiger partial charge in [-0.3, -0.25) is 9.59 Å². The molecule has 1 aromatic heterocycles. The first kappa shape index (κ1) is 24.2. The number of carboxylic acids is 2. The number of alkyl halides is 3. The molecule has 2 unspecified atom stereocenters. The summed E-state index contributed by atoms with van der Waals surface area (Å²) in [6, 6.07) is 5.30. The molecule has 0 saturated heterocycles. The molecule has 0 fully saturated rings. The third-order valence-electron chi connectivity index (χ3n) is 4.60. The smallest absolute Gasteiger partial charge is 0.481 e. The van der Waals surface area contributed by atoms with Crippen LogP contribution in [0.2, 0.25) is 0 Å². The number of imidazole rings is 1. The Bertz CT molecular complexity index is 868. The molecule has 170 valence electrons. The summed E-state index contributed by atoms with van der Waals surface area (Å²) in [6.45, 7) is 2.69. The molecule has 8 nitrogen and oxygen atoms in total. The third-order valence-corrected chi connectivity index (χ3v) is 4.60. The van der Waals surface area contributed by atoms with Gasteiger partial charge in [-0.25, -0.2) is 4.98 Å². The number of carbonyl (C=O) groups is 2. The molecule has 0 bridgehead atoms. The van der Waals surface area contributed by atoms with Crippen LogP contribution in [0.3, 0.4) is 0 Å². The summed E-state index contributed by atoms with van der Waals surface area (Å²) in [5.41, 5.74) is 1.09. The van der Waals surface area contributed by atoms with Crippen LogP contribution in [-0.4, -0.2) is 51.2 Å². The maximum Gasteiger partial charge on any atom is 0.573 e. The lowest BCUT2D eigenvalue weighted by atomic mass is 10.0. The highest BCUT2D eigenvalue weighted by Crippen LogP contribution is 2.23. The maximum absolute atomic E-state index is 12.3. The molecule has 31 heavy (non-hydrogen) atoms. The van der Waals surface area contributed by atoms with Gasteiger partial charge in [0.05, 0.1) is 12.0 Å². The Labute approximate surface area is 176 Å². The second kappa shape index (κ2) is 10.8. The number of hydrogen-bond acceptors (Lipinski definition) is 5. The number of halogens is 3. The van der Waals surface area contributed by atoms with Crippen LogP contribution < -0.4 is 10.1 Å². The summed E-state index contributed by atoms with van der Waals surface area (Å²) in [6.07, 6.45) is -1.35. The van der Waals surface area contributed by atoms with Crippen molar-refractivity contribution in [1.82, 2.24) is 14.9 Å². The molecule has 0 amide bonds. The van der Waals surface area contributed by atoms with Gasteiger partial charge in [0, 0.05) is 25.7 Å². The number of benzene rings is 1. The fourth-order valence-electron chi connectivity index (χ4n) is 3.01. The van der Waals surface area contributed by atoms with Crippen molar-refractivity contribution < 1.29 is 37.7 Å². The van der Waals surface area contributed by atoms with Gasteiger partial charge in [0.15, 0.2) is 0 Å². The Morgan fingerprint density at radius 2 is 1.87 bits per heavy atom. The molecule has 1 aromatic carbocycles. The van der Waals surface area contributed by atoms with Gasteiger partial charge in [0.1, 0.15) is 11.7 Å². The van der Waals surface area contributed by atoms with Crippen LogP contribution in [0.15, 0.2) is 36.8 Å². The number of nitrogens with zero attached hydrogens (tertiary/aromatic N) is 2. The van der Waals surface area contributed by atoms with E-state index in [0.717, 1.165) is 0 Å². The predicted octanol–water partition coefficient (Wildman–Crippen LogP) is 3.09. The Morgan fingerprint density at radius 3 is 2.45 bits per heavy atom. The Balaban J connectivity index is 2.00. The van der Waals surface area contributed by atoms with Crippen LogP contribution in [0.5, 0.6) is 5.75 Å². The zero-order chi connectivity index (χ0) is 23.0. The van der Waals surface area contributed by atoms with Gasteiger partial charge in [-0.1, -0.05) is 19.1 Å². The molecule has 0 aliphatic heterocycles. The van der Waals surface area contributed by atoms with Gasteiger partial charge in [0.2, 0.25) is 0 Å². The van der Waals surface area contributed by atoms with Crippen molar-refractivity contribution >= 4 is 11.9 Å². The van der Waals surface area contributed by atoms with Crippen LogP contribution >= 0.6 is 0 Å². The minimum absolute atomic E-state index is 0.0464. The number of aromatic nitrogens is 2. The quantitative estimate of drug-likeness (QED) is 0.462. The minimum atomic E-state index is -4.77. The van der Waals surface area contributed by atoms with Crippen LogP contribution in [0.25, 0.3) is 0 Å². The van der Waals surface area contributed by atoms with E-state index in [-0.39, 0.29) is 31.2 Å². The van der Waals surface area contributed by atoms with Crippen LogP contribution in [-0.2, 0) is 16.1 Å². The molecular formula is C20H24F3N3O5. The van der Waals surface area contributed by atoms with Crippen molar-refractivity contribution in [2.75, 3.05) is 13.1 Å². The van der Waals surface area contributed by atoms with E-state index in [9.17, 15) is 27.9 Å². The summed E-state index contributed by atoms with van der Waals surface area (Å²) in [4.78, 5) is 26.4. The molecule has 2 aromatic rings. The summed E-state index contributed by atoms with van der Waals surface area (Å²) in [5, 5.41) is 21.4. The van der Waals surface area contributed by atoms with Crippen LogP contribution in [0.4, 0.5) is 13.2 Å². The largest absolute Gasteiger partial charge is 0.573 e. The lowest BCUT2D eigenvalue weighted by Crippen LogP contribution is -2.31. The number of nitrogens with one attached hydrogen (secondary N) is 1. The monoisotopic (exact) mass is 443 g/mol. The van der Waals surface area contributed by atoms with E-state index >= 15 is 0 Å². The van der Waals surface area contributed by atoms with Gasteiger partial charge in [0.25, 0.3) is 0 Å². The summed E-state index contributed by atoms with van der Waals surface area (Å²) in [5.74, 6) is -3.11. The van der Waals surface area contributed by atoms with E-state index < -0.39 is 24.2 Å². The van der Waals surface area contributed by atoms with Crippen molar-refractivity contribution in [3.8, 4) is 5.75 Å². The standard InChI is InChI=1S/C20H24F3N3O5/c1-13(2-7-18(27)28)8-24-9-16(19(29)30)17-10-25-12-26(17)11-14-3-5-15(6-4-14)31-20(21,22)23/h3-6,10,12-13,16,24H,2,7-9,11H2,1H3,(H,27,28)(H,29,30). The number of hydrogen-bond donors (Lipinski definition) is 3. The summed E-state index contributed by atoms with van der Waals surface area (Å²) >= 11 is 0. The van der Waals surface area contributed by atoms with Crippen LogP contribution in [0, 0.1) is 5.92 Å². The SMILES string of the molecule is CC(CCC(=O)O)CNCC(C(=O)O)c1cncn1Cc1ccc(OC(F)(F)F)cc1. The molecule has 11 heteroatoms. The fraction of sp³-hybridized carbons (Fsp3) is 0.450. The Morgan fingerprint density at radius 1 is 1.19 bits per heavy atom. The number of ether oxygens (including phenoxy) is 1. The molecule has 3 N–H and O–H groups in total. The molecule has 0 spiro atoms. The van der Waals surface area contributed by atoms with Crippen molar-refractivity contribution in [3.63, 3.8) is 0 Å². The Hall–Kier alpha value is -3.08. The molecule has 0 aliphatic carbocycles. The van der Waals surface area contributed by atoms with Crippen molar-refractivity contribution in [3.05, 3.63) is 48.0 Å². The second-order valence-corrected chi connectivity index (χ2v) is 7.22. The highest BCUT2D eigenvalue weighted by atomic mass is 19.4. The average molecular weight is 443 g/mol. The second-order valence-electron chi connectivity index (χ2n) is 7.22. The van der Waals surface area contributed by atoms with Crippen molar-refractivity contribution in [2.45, 2.75) is 38.6 Å². The number of rotatable bonds is 12. The van der Waals surface area contributed by atoms with Gasteiger partial charge in [-0.15, -0.1) is 13.2 Å². The Kier molecular flexibility index (Phi) is 8.43. The highest BCUT2D eigenvalue weighted by Gasteiger charge is 2.31. The maximum atomic E-state index is 12.3. The average Bonchev–Trinajstić information content (AvgIpc) is 3.11. The first-order valence-corrected chi connectivity index (χ1v) is 9.55. The zero-order valence-electron chi connectivity index (χ0n) is 16.8. The third kappa shape index (κ3) is 8.28. The lowest BCUT2D eigenvalue weighted by molar-refractivity contribution is -0.274. The lowest BCUT2D eigenvalue weighted by Gasteiger charge is -2.18. The number of carboxylic acid groups (broad SMARTS) is 2. The van der Waals surface area contributed by atoms with Gasteiger partial charge in [-0.2, -0.15) is 0 Å². The first-order valence-electron chi connectivity index (χ1n) is 9.55. The highest BCUT2D eigenvalue weighted by molar-refractivity contribution is 5.75. The molecule has 0 aliphatic rings. The molecule has 0 radical (unpaired) electrons. The number of aliphatic carboxylic acids is 2. The van der Waals surface area contributed by atoms with Crippen molar-refractivity contribution in [1.29, 1.82) is 0 Å². The van der Waals surface area contributed by atoms with E-state index in [2.05, 4.69) is 15.0 Å². The summed E-state index contributed by atoms with van der Waals surface area (Å²) < 4.78 is 42.3. The van der Waals surface area contributed by atoms with E-state index in [4.69, 9.17) is 5.11 Å². The van der Waals surface area contributed by atoms with Crippen molar-refractivity contribution in [2.24, 2.45) is 5.92 Å². The molecule has 2 rings (SSSR count). The molecular weight excluding hydrogens is 419 g/mol. The minimum Gasteiger partial charge on any atom is -0.481 e. The molecule has 1 heterocycles. The zero-order valence-corrected chi connectivity index (χ0v) is 16.8. The van der Waals surface area contributed by atoms with Gasteiger partial charge >= 0.3 is 18.3 Å². The fourth-order valence-corrected chi connectivity index (χ4v) is 3.01. The van der Waals surface area contributed by atoms with E-state index in [1.54, 1.807) is 4.57 Å². The predicted molar refractivity (Wildman–Crippen MR) is 104 cm³/mol. The van der Waals surface area contributed by atoms with Gasteiger partial charge < -0.3 is 24.8 Å². The molecule has 2 atom stereocenters. The summed E-state index contributed by atoms with van der Waals surface area (Å²) in [7, 11) is 0. The molecule has 0 saturated carbocycles. The first-order chi connectivity index (χ1) is 14.5. The van der Waals surface area contributed by atoms with Crippen LogP contribution in [0.1, 0.15) is 36.9 Å². The van der Waals surface area contributed by atoms with Gasteiger partial charge in [-0.05, 0) is 36.6 Å².